The van der Waals surface area contributed by atoms with Crippen molar-refractivity contribution < 1.29 is 9.84 Å². The van der Waals surface area contributed by atoms with Gasteiger partial charge in [0, 0.05) is 30.2 Å². The zero-order chi connectivity index (χ0) is 16.6. The average Bonchev–Trinajstić information content (AvgIpc) is 2.53. The highest BCUT2D eigenvalue weighted by atomic mass is 16.5. The molecule has 1 atom stereocenters. The van der Waals surface area contributed by atoms with Crippen LogP contribution in [0.25, 0.3) is 0 Å². The van der Waals surface area contributed by atoms with E-state index in [0.29, 0.717) is 19.4 Å². The number of nitrogens with zero attached hydrogens (tertiary/aromatic N) is 1. The lowest BCUT2D eigenvalue weighted by Gasteiger charge is -2.24. The van der Waals surface area contributed by atoms with Crippen molar-refractivity contribution in [2.75, 3.05) is 13.2 Å². The molecule has 0 aromatic rings. The molecule has 122 valence electrons. The molecular formula is C18H28N2O2. The van der Waals surface area contributed by atoms with E-state index in [-0.39, 0.29) is 18.2 Å². The monoisotopic (exact) mass is 304 g/mol. The highest BCUT2D eigenvalue weighted by molar-refractivity contribution is 5.87. The summed E-state index contributed by atoms with van der Waals surface area (Å²) in [6.45, 7) is 10.5. The van der Waals surface area contributed by atoms with Gasteiger partial charge in [-0.05, 0) is 17.6 Å². The zero-order valence-corrected chi connectivity index (χ0v) is 13.9. The van der Waals surface area contributed by atoms with Gasteiger partial charge in [-0.15, -0.1) is 0 Å². The van der Waals surface area contributed by atoms with E-state index >= 15 is 0 Å². The molecule has 0 aromatic carbocycles. The second-order valence-electron chi connectivity index (χ2n) is 6.35. The van der Waals surface area contributed by atoms with Crippen LogP contribution in [-0.4, -0.2) is 36.5 Å². The number of aliphatic hydroxyl groups excluding tert-OH is 1. The van der Waals surface area contributed by atoms with Gasteiger partial charge in [-0.2, -0.15) is 0 Å². The smallest absolute Gasteiger partial charge is 0.151 e. The first kappa shape index (κ1) is 18.5. The lowest BCUT2D eigenvalue weighted by Crippen LogP contribution is -2.27. The number of nitrogens with one attached hydrogen (secondary N) is 1. The molecule has 4 heteroatoms. The minimum atomic E-state index is -0.240. The topological polar surface area (TPSA) is 65.7 Å². The molecule has 1 rings (SSSR count). The van der Waals surface area contributed by atoms with Gasteiger partial charge in [-0.25, -0.2) is 0 Å². The molecule has 2 N–H and O–H groups in total. The fraction of sp³-hybridized carbons (Fsp3) is 0.556. The molecule has 0 fully saturated rings. The Morgan fingerprint density at radius 3 is 2.86 bits per heavy atom. The molecule has 0 saturated carbocycles. The van der Waals surface area contributed by atoms with Crippen molar-refractivity contribution in [2.45, 2.75) is 46.3 Å². The van der Waals surface area contributed by atoms with Crippen molar-refractivity contribution in [3.8, 4) is 0 Å². The lowest BCUT2D eigenvalue weighted by molar-refractivity contribution is -0.0125. The molecule has 0 spiro atoms. The summed E-state index contributed by atoms with van der Waals surface area (Å²) in [5, 5.41) is 16.8. The summed E-state index contributed by atoms with van der Waals surface area (Å²) in [5.41, 5.74) is 2.38. The van der Waals surface area contributed by atoms with Crippen LogP contribution in [0.1, 0.15) is 40.0 Å². The van der Waals surface area contributed by atoms with Gasteiger partial charge in [0.1, 0.15) is 0 Å². The van der Waals surface area contributed by atoms with E-state index in [1.165, 1.54) is 0 Å². The molecule has 22 heavy (non-hydrogen) atoms. The lowest BCUT2D eigenvalue weighted by atomic mass is 9.96. The maximum atomic E-state index is 9.21. The van der Waals surface area contributed by atoms with Crippen LogP contribution in [-0.2, 0) is 4.74 Å². The molecule has 1 aliphatic heterocycles. The molecule has 1 unspecified atom stereocenters. The predicted octanol–water partition coefficient (Wildman–Crippen LogP) is 3.68. The molecule has 0 bridgehead atoms. The van der Waals surface area contributed by atoms with Crippen LogP contribution in [0.5, 0.6) is 0 Å². The van der Waals surface area contributed by atoms with E-state index in [9.17, 15) is 5.11 Å². The Hall–Kier alpha value is -1.52. The molecule has 4 nitrogen and oxygen atoms in total. The minimum absolute atomic E-state index is 0.0961. The van der Waals surface area contributed by atoms with Crippen LogP contribution in [0, 0.1) is 10.8 Å². The van der Waals surface area contributed by atoms with Gasteiger partial charge < -0.3 is 15.3 Å². The van der Waals surface area contributed by atoms with E-state index in [2.05, 4.69) is 17.6 Å². The minimum Gasteiger partial charge on any atom is -0.396 e. The summed E-state index contributed by atoms with van der Waals surface area (Å²) >= 11 is 0. The molecule has 0 radical (unpaired) electrons. The highest BCUT2D eigenvalue weighted by Crippen LogP contribution is 2.20. The first-order valence-electron chi connectivity index (χ1n) is 7.76. The SMILES string of the molecule is C=C(/C=C\CC(=N)CC)C1=CCC(OCC(C)(C)CO)N=C1. The third-order valence-electron chi connectivity index (χ3n) is 3.49. The maximum absolute atomic E-state index is 9.21. The van der Waals surface area contributed by atoms with Crippen molar-refractivity contribution in [3.05, 3.63) is 36.0 Å². The van der Waals surface area contributed by atoms with Crippen LogP contribution in [0.15, 0.2) is 40.9 Å². The van der Waals surface area contributed by atoms with Crippen LogP contribution in [0.3, 0.4) is 0 Å². The summed E-state index contributed by atoms with van der Waals surface area (Å²) in [6.07, 6.45) is 9.75. The van der Waals surface area contributed by atoms with Crippen molar-refractivity contribution >= 4 is 11.9 Å². The third-order valence-corrected chi connectivity index (χ3v) is 3.49. The summed E-state index contributed by atoms with van der Waals surface area (Å²) in [7, 11) is 0. The highest BCUT2D eigenvalue weighted by Gasteiger charge is 2.20. The summed E-state index contributed by atoms with van der Waals surface area (Å²) < 4.78 is 5.72. The Kier molecular flexibility index (Phi) is 7.42. The largest absolute Gasteiger partial charge is 0.396 e. The Morgan fingerprint density at radius 1 is 1.59 bits per heavy atom. The first-order valence-corrected chi connectivity index (χ1v) is 7.76. The number of hydrogen-bond acceptors (Lipinski definition) is 4. The number of aliphatic imine (C=N–C) groups is 1. The first-order chi connectivity index (χ1) is 10.4. The van der Waals surface area contributed by atoms with Gasteiger partial charge in [0.05, 0.1) is 13.2 Å². The van der Waals surface area contributed by atoms with Crippen molar-refractivity contribution in [1.82, 2.24) is 0 Å². The normalized spacial score (nSPS) is 18.5. The van der Waals surface area contributed by atoms with E-state index in [1.54, 1.807) is 6.21 Å². The van der Waals surface area contributed by atoms with Crippen molar-refractivity contribution in [2.24, 2.45) is 10.4 Å². The van der Waals surface area contributed by atoms with Gasteiger partial charge in [-0.3, -0.25) is 4.99 Å². The third kappa shape index (κ3) is 6.50. The predicted molar refractivity (Wildman–Crippen MR) is 92.7 cm³/mol. The Morgan fingerprint density at radius 2 is 2.32 bits per heavy atom. The Balaban J connectivity index is 2.43. The van der Waals surface area contributed by atoms with Gasteiger partial charge in [0.2, 0.25) is 0 Å². The number of aliphatic hydroxyl groups is 1. The number of hydrogen-bond donors (Lipinski definition) is 2. The van der Waals surface area contributed by atoms with Gasteiger partial charge >= 0.3 is 0 Å². The fourth-order valence-electron chi connectivity index (χ4n) is 1.78. The van der Waals surface area contributed by atoms with Crippen molar-refractivity contribution in [1.29, 1.82) is 5.41 Å². The average molecular weight is 304 g/mol. The van der Waals surface area contributed by atoms with Crippen LogP contribution < -0.4 is 0 Å². The molecular weight excluding hydrogens is 276 g/mol. The quantitative estimate of drug-likeness (QED) is 0.504. The standard InChI is InChI=1S/C18H28N2O2/c1-5-16(19)8-6-7-14(2)15-9-10-17(20-11-15)22-13-18(3,4)12-21/h6-7,9,11,17,19,21H,2,5,8,10,12-13H2,1,3-4H3/b7-6-,19-16?. The summed E-state index contributed by atoms with van der Waals surface area (Å²) in [6, 6.07) is 0. The zero-order valence-electron chi connectivity index (χ0n) is 13.9. The van der Waals surface area contributed by atoms with E-state index in [1.807, 2.05) is 32.9 Å². The summed E-state index contributed by atoms with van der Waals surface area (Å²) in [5.74, 6) is 0. The molecule has 0 amide bonds. The number of ether oxygens (including phenoxy) is 1. The number of dihydropyridines is 1. The maximum Gasteiger partial charge on any atom is 0.151 e. The van der Waals surface area contributed by atoms with E-state index < -0.39 is 0 Å². The second kappa shape index (κ2) is 8.81. The molecule has 0 aromatic heterocycles. The van der Waals surface area contributed by atoms with Gasteiger partial charge in [0.25, 0.3) is 0 Å². The number of rotatable bonds is 9. The van der Waals surface area contributed by atoms with Crippen LogP contribution in [0.4, 0.5) is 0 Å². The van der Waals surface area contributed by atoms with Crippen LogP contribution >= 0.6 is 0 Å². The molecule has 0 aliphatic carbocycles. The Labute approximate surface area is 133 Å². The molecule has 0 saturated heterocycles. The fourth-order valence-corrected chi connectivity index (χ4v) is 1.78. The van der Waals surface area contributed by atoms with Crippen molar-refractivity contribution in [3.63, 3.8) is 0 Å². The number of allylic oxidation sites excluding steroid dienone is 4. The molecule has 1 aliphatic rings. The van der Waals surface area contributed by atoms with E-state index in [0.717, 1.165) is 23.3 Å². The summed E-state index contributed by atoms with van der Waals surface area (Å²) in [4.78, 5) is 4.39. The van der Waals surface area contributed by atoms with Crippen LogP contribution in [0.2, 0.25) is 0 Å². The van der Waals surface area contributed by atoms with Gasteiger partial charge in [-0.1, -0.05) is 45.6 Å². The van der Waals surface area contributed by atoms with E-state index in [4.69, 9.17) is 10.1 Å². The van der Waals surface area contributed by atoms with Gasteiger partial charge in [0.15, 0.2) is 6.23 Å². The Bertz CT molecular complexity index is 487. The second-order valence-corrected chi connectivity index (χ2v) is 6.35. The molecule has 1 heterocycles.